The fourth-order valence-electron chi connectivity index (χ4n) is 8.07. The summed E-state index contributed by atoms with van der Waals surface area (Å²) in [7, 11) is 0. The van der Waals surface area contributed by atoms with Gasteiger partial charge in [-0.3, -0.25) is 14.3 Å². The van der Waals surface area contributed by atoms with Crippen LogP contribution in [0.1, 0.15) is 25.0 Å². The second-order valence-corrected chi connectivity index (χ2v) is 15.8. The van der Waals surface area contributed by atoms with E-state index in [1.807, 2.05) is 0 Å². The lowest BCUT2D eigenvalue weighted by molar-refractivity contribution is -0.168. The topological polar surface area (TPSA) is 111 Å². The molecule has 0 unspecified atom stereocenters. The molecule has 2 N–H and O–H groups in total. The van der Waals surface area contributed by atoms with Crippen LogP contribution in [-0.4, -0.2) is 82.0 Å². The van der Waals surface area contributed by atoms with E-state index in [-0.39, 0.29) is 75.7 Å². The molecular weight excluding hydrogens is 755 g/mol. The van der Waals surface area contributed by atoms with Crippen molar-refractivity contribution < 1.29 is 39.9 Å². The third-order valence-corrected chi connectivity index (χ3v) is 12.4. The number of amides is 1. The lowest BCUT2D eigenvalue weighted by Gasteiger charge is -2.50. The molecule has 0 aliphatic carbocycles. The van der Waals surface area contributed by atoms with Crippen molar-refractivity contribution >= 4 is 60.8 Å². The maximum Gasteiger partial charge on any atom is 0.417 e. The van der Waals surface area contributed by atoms with Crippen molar-refractivity contribution in [1.29, 1.82) is 5.26 Å². The number of thioether (sulfide) groups is 1. The minimum absolute atomic E-state index is 0.0598. The Hall–Kier alpha value is -4.41. The van der Waals surface area contributed by atoms with Gasteiger partial charge in [-0.05, 0) is 26.0 Å². The number of anilines is 2. The highest BCUT2D eigenvalue weighted by Crippen LogP contribution is 2.54. The van der Waals surface area contributed by atoms with Crippen LogP contribution in [0.2, 0.25) is 0 Å². The van der Waals surface area contributed by atoms with Crippen LogP contribution in [0.3, 0.4) is 0 Å². The summed E-state index contributed by atoms with van der Waals surface area (Å²) < 4.78 is 118. The van der Waals surface area contributed by atoms with Crippen LogP contribution in [0.5, 0.6) is 0 Å². The molecule has 1 amide bonds. The van der Waals surface area contributed by atoms with E-state index < -0.39 is 81.4 Å². The molecule has 9 nitrogen and oxygen atoms in total. The molecule has 2 atom stereocenters. The number of halogens is 8. The maximum absolute atomic E-state index is 16.2. The summed E-state index contributed by atoms with van der Waals surface area (Å²) in [5.74, 6) is -3.13. The van der Waals surface area contributed by atoms with Crippen molar-refractivity contribution in [3.05, 3.63) is 58.0 Å². The molecule has 5 heterocycles. The quantitative estimate of drug-likeness (QED) is 0.182. The first-order chi connectivity index (χ1) is 24.8. The summed E-state index contributed by atoms with van der Waals surface area (Å²) >= 11 is 1.39. The summed E-state index contributed by atoms with van der Waals surface area (Å²) in [6.45, 7) is 5.36. The van der Waals surface area contributed by atoms with E-state index in [9.17, 15) is 28.0 Å². The Morgan fingerprint density at radius 1 is 1.09 bits per heavy atom. The van der Waals surface area contributed by atoms with Gasteiger partial charge < -0.3 is 15.5 Å². The SMILES string of the molecule is C=CC(=O)N1[C@H](C)CN(c2nc(=O)n3c4c(c(-c5c(F)cc(F)c6sc(N)c(C#N)c56)c(C(F)(F)F)cc24)SCC2(CN(CC(F)(F)F)C2)C3)C[C@@H]1C. The predicted molar refractivity (Wildman–Crippen MR) is 185 cm³/mol. The van der Waals surface area contributed by atoms with Crippen molar-refractivity contribution in [2.45, 2.75) is 49.7 Å². The molecule has 1 spiro atoms. The number of nitrogens with two attached hydrogens (primary N) is 1. The third kappa shape index (κ3) is 6.08. The average molecular weight is 784 g/mol. The van der Waals surface area contributed by atoms with Gasteiger partial charge in [-0.25, -0.2) is 13.6 Å². The number of rotatable bonds is 4. The summed E-state index contributed by atoms with van der Waals surface area (Å²) in [4.78, 5) is 35.0. The van der Waals surface area contributed by atoms with Crippen LogP contribution in [0.15, 0.2) is 34.5 Å². The first-order valence-corrected chi connectivity index (χ1v) is 18.0. The summed E-state index contributed by atoms with van der Waals surface area (Å²) in [5.41, 5.74) is 0.681. The molecule has 4 aromatic rings. The van der Waals surface area contributed by atoms with Crippen molar-refractivity contribution in [3.8, 4) is 17.2 Å². The minimum atomic E-state index is -5.19. The Morgan fingerprint density at radius 2 is 1.75 bits per heavy atom. The zero-order valence-electron chi connectivity index (χ0n) is 28.0. The van der Waals surface area contributed by atoms with E-state index in [1.54, 1.807) is 29.7 Å². The van der Waals surface area contributed by atoms with Gasteiger partial charge in [-0.2, -0.15) is 36.6 Å². The van der Waals surface area contributed by atoms with Gasteiger partial charge in [-0.1, -0.05) is 6.58 Å². The number of nitrogens with zero attached hydrogens (tertiary/aromatic N) is 6. The van der Waals surface area contributed by atoms with Gasteiger partial charge in [-0.15, -0.1) is 23.1 Å². The zero-order chi connectivity index (χ0) is 38.5. The number of fused-ring (bicyclic) bond motifs is 1. The Morgan fingerprint density at radius 3 is 2.34 bits per heavy atom. The van der Waals surface area contributed by atoms with Crippen LogP contribution >= 0.6 is 23.1 Å². The van der Waals surface area contributed by atoms with Crippen molar-refractivity contribution in [2.75, 3.05) is 49.1 Å². The molecule has 0 saturated carbocycles. The Bertz CT molecular complexity index is 2310. The molecule has 3 aliphatic heterocycles. The Balaban J connectivity index is 1.54. The van der Waals surface area contributed by atoms with Gasteiger partial charge in [0.25, 0.3) is 0 Å². The number of aromatic nitrogens is 2. The molecule has 53 heavy (non-hydrogen) atoms. The number of carbonyl (C=O) groups is 1. The summed E-state index contributed by atoms with van der Waals surface area (Å²) in [5, 5.41) is 9.10. The summed E-state index contributed by atoms with van der Waals surface area (Å²) in [6, 6.07) is 1.91. The first-order valence-electron chi connectivity index (χ1n) is 16.2. The fraction of sp³-hybridized carbons (Fsp3) is 0.412. The molecule has 2 aromatic carbocycles. The molecule has 3 aliphatic rings. The number of carbonyl (C=O) groups excluding carboxylic acids is 1. The molecule has 0 radical (unpaired) electrons. The van der Waals surface area contributed by atoms with Crippen LogP contribution in [0.25, 0.3) is 32.1 Å². The number of alkyl halides is 6. The third-order valence-electron chi connectivity index (χ3n) is 9.95. The molecule has 2 aromatic heterocycles. The van der Waals surface area contributed by atoms with Gasteiger partial charge in [0, 0.05) is 88.8 Å². The molecular formula is C34H29F8N7O2S2. The van der Waals surface area contributed by atoms with Crippen LogP contribution < -0.4 is 16.3 Å². The van der Waals surface area contributed by atoms with E-state index in [0.29, 0.717) is 17.4 Å². The first kappa shape index (κ1) is 36.9. The second-order valence-electron chi connectivity index (χ2n) is 13.8. The average Bonchev–Trinajstić information content (AvgIpc) is 3.26. The van der Waals surface area contributed by atoms with Crippen LogP contribution in [0, 0.1) is 28.4 Å². The van der Waals surface area contributed by atoms with E-state index in [1.165, 1.54) is 0 Å². The highest BCUT2D eigenvalue weighted by Gasteiger charge is 2.50. The van der Waals surface area contributed by atoms with E-state index in [2.05, 4.69) is 11.6 Å². The number of hydrogen-bond donors (Lipinski definition) is 1. The molecule has 2 fully saturated rings. The van der Waals surface area contributed by atoms with Gasteiger partial charge in [0.2, 0.25) is 5.91 Å². The molecule has 7 rings (SSSR count). The smallest absolute Gasteiger partial charge is 0.389 e. The number of benzene rings is 2. The maximum atomic E-state index is 16.2. The number of nitriles is 1. The van der Waals surface area contributed by atoms with Crippen LogP contribution in [-0.2, 0) is 17.5 Å². The van der Waals surface area contributed by atoms with Gasteiger partial charge >= 0.3 is 18.0 Å². The highest BCUT2D eigenvalue weighted by molar-refractivity contribution is 7.99. The van der Waals surface area contributed by atoms with Gasteiger partial charge in [0.15, 0.2) is 0 Å². The molecule has 280 valence electrons. The summed E-state index contributed by atoms with van der Waals surface area (Å²) in [6.07, 6.45) is -8.57. The molecule has 19 heteroatoms. The van der Waals surface area contributed by atoms with E-state index >= 15 is 22.0 Å². The fourth-order valence-corrected chi connectivity index (χ4v) is 10.4. The lowest BCUT2D eigenvalue weighted by Crippen LogP contribution is -2.61. The Labute approximate surface area is 304 Å². The monoisotopic (exact) mass is 783 g/mol. The molecule has 2 saturated heterocycles. The normalized spacial score (nSPS) is 20.5. The highest BCUT2D eigenvalue weighted by atomic mass is 32.2. The van der Waals surface area contributed by atoms with Crippen molar-refractivity contribution in [1.82, 2.24) is 19.4 Å². The van der Waals surface area contributed by atoms with Crippen molar-refractivity contribution in [3.63, 3.8) is 0 Å². The van der Waals surface area contributed by atoms with E-state index in [0.717, 1.165) is 33.4 Å². The second kappa shape index (κ2) is 12.6. The lowest BCUT2D eigenvalue weighted by atomic mass is 9.81. The Kier molecular flexibility index (Phi) is 8.77. The van der Waals surface area contributed by atoms with Crippen LogP contribution in [0.4, 0.5) is 45.9 Å². The number of nitrogen functional groups attached to an aromatic ring is 1. The van der Waals surface area contributed by atoms with Gasteiger partial charge in [0.1, 0.15) is 28.5 Å². The number of thiophene rings is 1. The largest absolute Gasteiger partial charge is 0.417 e. The number of likely N-dealkylation sites (tertiary alicyclic amines) is 1. The molecule has 0 bridgehead atoms. The number of hydrogen-bond acceptors (Lipinski definition) is 9. The zero-order valence-corrected chi connectivity index (χ0v) is 29.6. The standard InChI is InChI=1S/C34H29F8N7O2S2/c1-4-22(50)49-15(2)8-47(9-16(49)3)30-17-5-19(34(40,41)42)24(25-20(35)6-21(36)27-23(25)18(7-43)29(44)53-27)28-26(17)48(31(51)45-30)12-32(14-52-28)10-46(11-32)13-33(37,38)39/h4-6,15-16H,1,8-14,44H2,2-3H3/t15-,16+. The van der Waals surface area contributed by atoms with Crippen molar-refractivity contribution in [2.24, 2.45) is 5.41 Å². The predicted octanol–water partition coefficient (Wildman–Crippen LogP) is 6.61. The minimum Gasteiger partial charge on any atom is -0.389 e. The number of piperazine rings is 1. The van der Waals surface area contributed by atoms with Gasteiger partial charge in [0.05, 0.1) is 27.9 Å². The van der Waals surface area contributed by atoms with E-state index in [4.69, 9.17) is 5.73 Å².